The molecule has 0 bridgehead atoms. The zero-order chi connectivity index (χ0) is 27.2. The Morgan fingerprint density at radius 3 is 2.18 bits per heavy atom. The Morgan fingerprint density at radius 2 is 1.55 bits per heavy atom. The Balaban J connectivity index is 1.57. The molecule has 11 nitrogen and oxygen atoms in total. The minimum Gasteiger partial charge on any atom is -0.490 e. The number of carbonyl (C=O) groups excluding carboxylic acids is 3. The van der Waals surface area contributed by atoms with E-state index in [1.165, 1.54) is 32.4 Å². The minimum absolute atomic E-state index is 0.0304. The van der Waals surface area contributed by atoms with Crippen molar-refractivity contribution in [3.63, 3.8) is 0 Å². The first-order chi connectivity index (χ1) is 18.3. The molecule has 2 amide bonds. The van der Waals surface area contributed by atoms with E-state index in [0.29, 0.717) is 43.1 Å². The molecule has 0 atom stereocenters. The van der Waals surface area contributed by atoms with Gasteiger partial charge in [-0.3, -0.25) is 19.7 Å². The van der Waals surface area contributed by atoms with Crippen LogP contribution in [0.3, 0.4) is 0 Å². The number of piperazine rings is 1. The van der Waals surface area contributed by atoms with Crippen molar-refractivity contribution in [1.82, 2.24) is 4.90 Å². The summed E-state index contributed by atoms with van der Waals surface area (Å²) < 4.78 is 9.82. The molecule has 0 spiro atoms. The summed E-state index contributed by atoms with van der Waals surface area (Å²) in [5.74, 6) is -1.20. The molecule has 1 aliphatic heterocycles. The molecule has 0 radical (unpaired) electrons. The third kappa shape index (κ3) is 5.56. The molecule has 4 rings (SSSR count). The number of benzene rings is 3. The predicted molar refractivity (Wildman–Crippen MR) is 140 cm³/mol. The summed E-state index contributed by atoms with van der Waals surface area (Å²) in [5.41, 5.74) is 1.52. The van der Waals surface area contributed by atoms with Crippen LogP contribution in [-0.4, -0.2) is 68.0 Å². The van der Waals surface area contributed by atoms with Crippen molar-refractivity contribution in [1.29, 1.82) is 0 Å². The number of nitrogens with zero attached hydrogens (tertiary/aromatic N) is 3. The van der Waals surface area contributed by atoms with E-state index in [0.717, 1.165) is 6.07 Å². The number of nitrogens with one attached hydrogen (secondary N) is 1. The number of anilines is 2. The van der Waals surface area contributed by atoms with Crippen molar-refractivity contribution < 1.29 is 28.8 Å². The molecule has 1 heterocycles. The molecule has 1 aliphatic rings. The number of carbonyl (C=O) groups is 3. The molecular weight excluding hydrogens is 492 g/mol. The summed E-state index contributed by atoms with van der Waals surface area (Å²) in [6, 6.07) is 17.7. The first-order valence-corrected chi connectivity index (χ1v) is 11.8. The monoisotopic (exact) mass is 518 g/mol. The number of hydrogen-bond donors (Lipinski definition) is 1. The first-order valence-electron chi connectivity index (χ1n) is 11.8. The predicted octanol–water partition coefficient (Wildman–Crippen LogP) is 3.60. The molecule has 38 heavy (non-hydrogen) atoms. The van der Waals surface area contributed by atoms with E-state index in [-0.39, 0.29) is 28.5 Å². The molecule has 1 saturated heterocycles. The third-order valence-electron chi connectivity index (χ3n) is 6.23. The second-order valence-corrected chi connectivity index (χ2v) is 8.47. The van der Waals surface area contributed by atoms with Crippen LogP contribution in [0.15, 0.2) is 66.7 Å². The van der Waals surface area contributed by atoms with Crippen LogP contribution in [0.4, 0.5) is 17.1 Å². The maximum atomic E-state index is 13.1. The van der Waals surface area contributed by atoms with Gasteiger partial charge in [0, 0.05) is 43.4 Å². The fraction of sp³-hybridized carbons (Fsp3) is 0.222. The summed E-state index contributed by atoms with van der Waals surface area (Å²) >= 11 is 0. The molecule has 1 N–H and O–H groups in total. The first kappa shape index (κ1) is 26.1. The van der Waals surface area contributed by atoms with Crippen LogP contribution < -0.4 is 15.0 Å². The summed E-state index contributed by atoms with van der Waals surface area (Å²) in [4.78, 5) is 52.6. The molecule has 0 unspecified atom stereocenters. The van der Waals surface area contributed by atoms with Gasteiger partial charge in [-0.2, -0.15) is 0 Å². The molecule has 3 aromatic rings. The van der Waals surface area contributed by atoms with Crippen LogP contribution in [0, 0.1) is 10.1 Å². The van der Waals surface area contributed by atoms with Gasteiger partial charge in [0.05, 0.1) is 36.1 Å². The Labute approximate surface area is 218 Å². The van der Waals surface area contributed by atoms with E-state index in [2.05, 4.69) is 5.32 Å². The number of amides is 2. The lowest BCUT2D eigenvalue weighted by molar-refractivity contribution is -0.385. The highest BCUT2D eigenvalue weighted by Crippen LogP contribution is 2.31. The Bertz CT molecular complexity index is 1370. The molecular formula is C27H26N4O7. The van der Waals surface area contributed by atoms with Gasteiger partial charge in [0.25, 0.3) is 11.8 Å². The van der Waals surface area contributed by atoms with Gasteiger partial charge in [0.15, 0.2) is 5.75 Å². The minimum atomic E-state index is -0.630. The summed E-state index contributed by atoms with van der Waals surface area (Å²) in [5, 5.41) is 14.2. The lowest BCUT2D eigenvalue weighted by atomic mass is 10.1. The normalized spacial score (nSPS) is 13.0. The highest BCUT2D eigenvalue weighted by atomic mass is 16.6. The molecule has 0 aliphatic carbocycles. The maximum absolute atomic E-state index is 13.1. The van der Waals surface area contributed by atoms with Crippen molar-refractivity contribution >= 4 is 34.8 Å². The van der Waals surface area contributed by atoms with E-state index in [1.807, 2.05) is 23.1 Å². The Hall–Kier alpha value is -4.93. The quantitative estimate of drug-likeness (QED) is 0.285. The molecule has 196 valence electrons. The summed E-state index contributed by atoms with van der Waals surface area (Å²) in [6.45, 7) is 1.91. The fourth-order valence-corrected chi connectivity index (χ4v) is 4.24. The van der Waals surface area contributed by atoms with Gasteiger partial charge >= 0.3 is 11.7 Å². The average molecular weight is 519 g/mol. The Morgan fingerprint density at radius 1 is 0.868 bits per heavy atom. The van der Waals surface area contributed by atoms with Crippen LogP contribution in [0.25, 0.3) is 0 Å². The third-order valence-corrected chi connectivity index (χ3v) is 6.23. The number of esters is 1. The van der Waals surface area contributed by atoms with Gasteiger partial charge in [0.1, 0.15) is 0 Å². The summed E-state index contributed by atoms with van der Waals surface area (Å²) in [6.07, 6.45) is 0. The van der Waals surface area contributed by atoms with Crippen LogP contribution >= 0.6 is 0 Å². The van der Waals surface area contributed by atoms with Crippen molar-refractivity contribution in [2.24, 2.45) is 0 Å². The van der Waals surface area contributed by atoms with Crippen molar-refractivity contribution in [2.45, 2.75) is 0 Å². The van der Waals surface area contributed by atoms with Crippen LogP contribution in [-0.2, 0) is 4.74 Å². The number of nitro groups is 1. The highest BCUT2D eigenvalue weighted by Gasteiger charge is 2.25. The van der Waals surface area contributed by atoms with Gasteiger partial charge in [-0.1, -0.05) is 18.2 Å². The van der Waals surface area contributed by atoms with Crippen LogP contribution in [0.5, 0.6) is 5.75 Å². The van der Waals surface area contributed by atoms with Crippen molar-refractivity contribution in [3.8, 4) is 5.75 Å². The van der Waals surface area contributed by atoms with Crippen molar-refractivity contribution in [3.05, 3.63) is 93.5 Å². The van der Waals surface area contributed by atoms with E-state index in [1.54, 1.807) is 29.2 Å². The largest absolute Gasteiger partial charge is 0.490 e. The molecule has 0 saturated carbocycles. The SMILES string of the molecule is COC(=O)c1ccc(N2CCN(C(=O)c3ccccc3)CC2)c(NC(=O)c2ccc(OC)c([N+](=O)[O-])c2)c1. The number of nitro benzene ring substituents is 1. The molecule has 11 heteroatoms. The molecule has 3 aromatic carbocycles. The average Bonchev–Trinajstić information content (AvgIpc) is 2.96. The second-order valence-electron chi connectivity index (χ2n) is 8.47. The van der Waals surface area contributed by atoms with Gasteiger partial charge in [-0.15, -0.1) is 0 Å². The lowest BCUT2D eigenvalue weighted by Crippen LogP contribution is -2.49. The van der Waals surface area contributed by atoms with E-state index >= 15 is 0 Å². The number of methoxy groups -OCH3 is 2. The topological polar surface area (TPSA) is 131 Å². The van der Waals surface area contributed by atoms with Crippen molar-refractivity contribution in [2.75, 3.05) is 50.6 Å². The summed E-state index contributed by atoms with van der Waals surface area (Å²) in [7, 11) is 2.56. The van der Waals surface area contributed by atoms with E-state index < -0.39 is 16.8 Å². The highest BCUT2D eigenvalue weighted by molar-refractivity contribution is 6.07. The Kier molecular flexibility index (Phi) is 7.86. The number of hydrogen-bond acceptors (Lipinski definition) is 8. The fourth-order valence-electron chi connectivity index (χ4n) is 4.24. The van der Waals surface area contributed by atoms with E-state index in [4.69, 9.17) is 9.47 Å². The smallest absolute Gasteiger partial charge is 0.337 e. The van der Waals surface area contributed by atoms with Crippen LogP contribution in [0.1, 0.15) is 31.1 Å². The number of rotatable bonds is 7. The van der Waals surface area contributed by atoms with Gasteiger partial charge in [0.2, 0.25) is 0 Å². The van der Waals surface area contributed by atoms with E-state index in [9.17, 15) is 24.5 Å². The molecule has 1 fully saturated rings. The maximum Gasteiger partial charge on any atom is 0.337 e. The van der Waals surface area contributed by atoms with Gasteiger partial charge in [-0.25, -0.2) is 4.79 Å². The standard InChI is InChI=1S/C27H26N4O7/c1-37-24-11-9-19(17-23(24)31(35)36)25(32)28-21-16-20(27(34)38-2)8-10-22(21)29-12-14-30(15-13-29)26(33)18-6-4-3-5-7-18/h3-11,16-17H,12-15H2,1-2H3,(H,28,32). The zero-order valence-corrected chi connectivity index (χ0v) is 20.9. The number of ether oxygens (including phenoxy) is 2. The molecule has 0 aromatic heterocycles. The van der Waals surface area contributed by atoms with Gasteiger partial charge in [-0.05, 0) is 42.5 Å². The second kappa shape index (κ2) is 11.4. The van der Waals surface area contributed by atoms with Crippen LogP contribution in [0.2, 0.25) is 0 Å². The zero-order valence-electron chi connectivity index (χ0n) is 20.9. The van der Waals surface area contributed by atoms with Gasteiger partial charge < -0.3 is 24.6 Å². The lowest BCUT2D eigenvalue weighted by Gasteiger charge is -2.37.